The van der Waals surface area contributed by atoms with Gasteiger partial charge in [-0.15, -0.1) is 0 Å². The average Bonchev–Trinajstić information content (AvgIpc) is 2.62. The molecule has 0 spiro atoms. The molecule has 0 saturated heterocycles. The van der Waals surface area contributed by atoms with Crippen molar-refractivity contribution in [2.75, 3.05) is 0 Å². The van der Waals surface area contributed by atoms with Gasteiger partial charge in [0, 0.05) is 9.79 Å². The Labute approximate surface area is 144 Å². The van der Waals surface area contributed by atoms with Gasteiger partial charge in [0.05, 0.1) is 5.92 Å². The fourth-order valence-corrected chi connectivity index (χ4v) is 4.77. The normalized spacial score (nSPS) is 15.9. The van der Waals surface area contributed by atoms with Crippen LogP contribution in [0.2, 0.25) is 0 Å². The van der Waals surface area contributed by atoms with E-state index in [1.807, 2.05) is 12.1 Å². The standard InChI is InChI=1S/C22H14OS/c23-13-20-18-7-3-4-8-21(18)24-22-12-17-10-15-6-2-1-5-14(15)9-16(17)11-19(20)22/h1-13,20H. The van der Waals surface area contributed by atoms with Crippen molar-refractivity contribution < 1.29 is 4.79 Å². The molecule has 0 amide bonds. The van der Waals surface area contributed by atoms with Gasteiger partial charge in [-0.25, -0.2) is 0 Å². The molecular formula is C22H14OS. The number of benzene rings is 4. The van der Waals surface area contributed by atoms with E-state index >= 15 is 0 Å². The van der Waals surface area contributed by atoms with Crippen molar-refractivity contribution in [1.82, 2.24) is 0 Å². The molecule has 1 unspecified atom stereocenters. The molecule has 0 bridgehead atoms. The zero-order chi connectivity index (χ0) is 16.1. The molecule has 1 aliphatic heterocycles. The molecule has 1 atom stereocenters. The van der Waals surface area contributed by atoms with Crippen molar-refractivity contribution in [3.8, 4) is 0 Å². The molecule has 4 aromatic carbocycles. The molecule has 2 heteroatoms. The molecular weight excluding hydrogens is 312 g/mol. The Morgan fingerprint density at radius 2 is 1.33 bits per heavy atom. The van der Waals surface area contributed by atoms with Crippen molar-refractivity contribution in [2.24, 2.45) is 0 Å². The van der Waals surface area contributed by atoms with E-state index in [0.717, 1.165) is 17.4 Å². The highest BCUT2D eigenvalue weighted by Gasteiger charge is 2.26. The summed E-state index contributed by atoms with van der Waals surface area (Å²) in [5.74, 6) is -0.173. The van der Waals surface area contributed by atoms with Gasteiger partial charge in [0.2, 0.25) is 0 Å². The monoisotopic (exact) mass is 326 g/mol. The highest BCUT2D eigenvalue weighted by molar-refractivity contribution is 7.99. The summed E-state index contributed by atoms with van der Waals surface area (Å²) in [6.07, 6.45) is 1.07. The predicted octanol–water partition coefficient (Wildman–Crippen LogP) is 5.79. The highest BCUT2D eigenvalue weighted by Crippen LogP contribution is 2.46. The quantitative estimate of drug-likeness (QED) is 0.325. The summed E-state index contributed by atoms with van der Waals surface area (Å²) in [6, 6.07) is 25.5. The van der Waals surface area contributed by atoms with Gasteiger partial charge in [-0.1, -0.05) is 54.2 Å². The highest BCUT2D eigenvalue weighted by atomic mass is 32.2. The van der Waals surface area contributed by atoms with E-state index in [0.29, 0.717) is 0 Å². The van der Waals surface area contributed by atoms with Crippen LogP contribution in [0.1, 0.15) is 17.0 Å². The topological polar surface area (TPSA) is 17.1 Å². The van der Waals surface area contributed by atoms with Crippen LogP contribution in [0.25, 0.3) is 21.5 Å². The maximum Gasteiger partial charge on any atom is 0.131 e. The minimum atomic E-state index is -0.173. The van der Waals surface area contributed by atoms with Gasteiger partial charge in [-0.05, 0) is 63.0 Å². The fraction of sp³-hybridized carbons (Fsp3) is 0.0455. The lowest BCUT2D eigenvalue weighted by atomic mass is 9.90. The second-order valence-electron chi connectivity index (χ2n) is 6.19. The average molecular weight is 326 g/mol. The minimum Gasteiger partial charge on any atom is -0.302 e. The minimum absolute atomic E-state index is 0.173. The van der Waals surface area contributed by atoms with E-state index in [1.165, 1.54) is 31.3 Å². The first-order chi connectivity index (χ1) is 11.8. The molecule has 24 heavy (non-hydrogen) atoms. The third-order valence-electron chi connectivity index (χ3n) is 4.78. The zero-order valence-electron chi connectivity index (χ0n) is 12.9. The second-order valence-corrected chi connectivity index (χ2v) is 7.27. The molecule has 0 aromatic heterocycles. The first-order valence-corrected chi connectivity index (χ1v) is 8.84. The summed E-state index contributed by atoms with van der Waals surface area (Å²) < 4.78 is 0. The van der Waals surface area contributed by atoms with Gasteiger partial charge in [-0.2, -0.15) is 0 Å². The van der Waals surface area contributed by atoms with Crippen LogP contribution in [0.5, 0.6) is 0 Å². The Balaban J connectivity index is 1.80. The number of carbonyl (C=O) groups is 1. The predicted molar refractivity (Wildman–Crippen MR) is 99.9 cm³/mol. The fourth-order valence-electron chi connectivity index (χ4n) is 3.58. The van der Waals surface area contributed by atoms with Crippen LogP contribution < -0.4 is 0 Å². The summed E-state index contributed by atoms with van der Waals surface area (Å²) in [5.41, 5.74) is 2.24. The van der Waals surface area contributed by atoms with E-state index in [1.54, 1.807) is 11.8 Å². The number of aldehydes is 1. The second kappa shape index (κ2) is 5.22. The molecule has 4 aromatic rings. The van der Waals surface area contributed by atoms with Gasteiger partial charge in [-0.3, -0.25) is 0 Å². The van der Waals surface area contributed by atoms with Crippen LogP contribution in [0.15, 0.2) is 82.6 Å². The van der Waals surface area contributed by atoms with Crippen LogP contribution in [0, 0.1) is 0 Å². The molecule has 0 fully saturated rings. The van der Waals surface area contributed by atoms with E-state index in [-0.39, 0.29) is 5.92 Å². The molecule has 1 nitrogen and oxygen atoms in total. The molecule has 0 N–H and O–H groups in total. The Morgan fingerprint density at radius 3 is 2.08 bits per heavy atom. The maximum atomic E-state index is 11.8. The van der Waals surface area contributed by atoms with Crippen molar-refractivity contribution >= 4 is 39.6 Å². The Morgan fingerprint density at radius 1 is 0.667 bits per heavy atom. The van der Waals surface area contributed by atoms with Gasteiger partial charge in [0.25, 0.3) is 0 Å². The number of hydrogen-bond acceptors (Lipinski definition) is 2. The van der Waals surface area contributed by atoms with Crippen molar-refractivity contribution in [1.29, 1.82) is 0 Å². The number of fused-ring (bicyclic) bond motifs is 4. The van der Waals surface area contributed by atoms with Gasteiger partial charge < -0.3 is 4.79 Å². The van der Waals surface area contributed by atoms with Crippen molar-refractivity contribution in [3.63, 3.8) is 0 Å². The summed E-state index contributed by atoms with van der Waals surface area (Å²) in [5, 5.41) is 4.90. The summed E-state index contributed by atoms with van der Waals surface area (Å²) in [4.78, 5) is 14.2. The van der Waals surface area contributed by atoms with E-state index in [4.69, 9.17) is 0 Å². The maximum absolute atomic E-state index is 11.8. The largest absolute Gasteiger partial charge is 0.302 e. The zero-order valence-corrected chi connectivity index (χ0v) is 13.7. The molecule has 1 heterocycles. The number of rotatable bonds is 1. The Kier molecular flexibility index (Phi) is 3.00. The Bertz CT molecular complexity index is 1110. The summed E-state index contributed by atoms with van der Waals surface area (Å²) in [7, 11) is 0. The van der Waals surface area contributed by atoms with Crippen LogP contribution in [-0.4, -0.2) is 6.29 Å². The lowest BCUT2D eigenvalue weighted by Gasteiger charge is -2.24. The summed E-state index contributed by atoms with van der Waals surface area (Å²) >= 11 is 1.76. The molecule has 114 valence electrons. The SMILES string of the molecule is O=CC1c2ccccc2Sc2cc3cc4ccccc4cc3cc21. The smallest absolute Gasteiger partial charge is 0.131 e. The number of hydrogen-bond donors (Lipinski definition) is 0. The van der Waals surface area contributed by atoms with Crippen molar-refractivity contribution in [3.05, 3.63) is 83.9 Å². The van der Waals surface area contributed by atoms with E-state index in [9.17, 15) is 4.79 Å². The van der Waals surface area contributed by atoms with Crippen LogP contribution in [0.3, 0.4) is 0 Å². The van der Waals surface area contributed by atoms with E-state index in [2.05, 4.69) is 60.7 Å². The molecule has 0 aliphatic carbocycles. The molecule has 0 radical (unpaired) electrons. The van der Waals surface area contributed by atoms with Crippen LogP contribution in [0.4, 0.5) is 0 Å². The van der Waals surface area contributed by atoms with Gasteiger partial charge in [0.15, 0.2) is 0 Å². The van der Waals surface area contributed by atoms with Gasteiger partial charge >= 0.3 is 0 Å². The molecule has 0 saturated carbocycles. The number of carbonyl (C=O) groups excluding carboxylic acids is 1. The lowest BCUT2D eigenvalue weighted by Crippen LogP contribution is -2.09. The molecule has 1 aliphatic rings. The third kappa shape index (κ3) is 2.00. The summed E-state index contributed by atoms with van der Waals surface area (Å²) in [6.45, 7) is 0. The molecule has 5 rings (SSSR count). The Hall–Kier alpha value is -2.58. The lowest BCUT2D eigenvalue weighted by molar-refractivity contribution is -0.108. The first-order valence-electron chi connectivity index (χ1n) is 8.02. The van der Waals surface area contributed by atoms with Gasteiger partial charge in [0.1, 0.15) is 6.29 Å². The van der Waals surface area contributed by atoms with Crippen LogP contribution in [-0.2, 0) is 4.79 Å². The third-order valence-corrected chi connectivity index (χ3v) is 5.94. The first kappa shape index (κ1) is 13.8. The van der Waals surface area contributed by atoms with E-state index < -0.39 is 0 Å². The van der Waals surface area contributed by atoms with Crippen LogP contribution >= 0.6 is 11.8 Å². The van der Waals surface area contributed by atoms with Crippen molar-refractivity contribution in [2.45, 2.75) is 15.7 Å².